The molecule has 2 saturated carbocycles. The Labute approximate surface area is 287 Å². The first kappa shape index (κ1) is 32.9. The minimum absolute atomic E-state index is 0.000633. The smallest absolute Gasteiger partial charge is 0.286 e. The van der Waals surface area contributed by atoms with Crippen LogP contribution in [-0.4, -0.2) is 47.6 Å². The molecule has 2 aromatic carbocycles. The van der Waals surface area contributed by atoms with Crippen LogP contribution in [0.3, 0.4) is 0 Å². The normalized spacial score (nSPS) is 30.7. The lowest BCUT2D eigenvalue weighted by molar-refractivity contribution is 0.0981. The summed E-state index contributed by atoms with van der Waals surface area (Å²) in [5, 5.41) is 0.715. The summed E-state index contributed by atoms with van der Waals surface area (Å²) in [5.74, 6) is 1.05. The second kappa shape index (κ2) is 13.0. The van der Waals surface area contributed by atoms with Crippen LogP contribution in [0.4, 0.5) is 5.69 Å². The fourth-order valence-electron chi connectivity index (χ4n) is 7.90. The summed E-state index contributed by atoms with van der Waals surface area (Å²) in [6.45, 7) is 5.56. The maximum Gasteiger partial charge on any atom is 0.286 e. The molecule has 0 spiro atoms. The van der Waals surface area contributed by atoms with Gasteiger partial charge in [0.2, 0.25) is 0 Å². The zero-order chi connectivity index (χ0) is 33.6. The Morgan fingerprint density at radius 1 is 1.17 bits per heavy atom. The minimum Gasteiger partial charge on any atom is -0.491 e. The molecule has 9 nitrogen and oxygen atoms in total. The highest BCUT2D eigenvalue weighted by atomic mass is 35.5. The molecular formula is C37H42ClN3O6S. The van der Waals surface area contributed by atoms with Crippen molar-refractivity contribution in [2.75, 3.05) is 30.9 Å². The van der Waals surface area contributed by atoms with E-state index in [1.807, 2.05) is 19.1 Å². The van der Waals surface area contributed by atoms with E-state index in [4.69, 9.17) is 25.5 Å². The number of halogens is 1. The van der Waals surface area contributed by atoms with Gasteiger partial charge in [-0.05, 0) is 104 Å². The molecule has 2 fully saturated rings. The summed E-state index contributed by atoms with van der Waals surface area (Å²) in [7, 11) is -1.74. The SMILES string of the molecule is CO[C@@]12/C=C/C[C@H](C)CS(=O)(NC(=O)c3coc(C)c3)=NC(=O)c3ccc4c(c3)N(Cc3ccc(Cl)cc3CCCCO4)C[C@@H]3CC1[C@H]32. The van der Waals surface area contributed by atoms with Crippen LogP contribution in [0.1, 0.15) is 70.2 Å². The van der Waals surface area contributed by atoms with Crippen molar-refractivity contribution in [2.45, 2.75) is 58.1 Å². The average molecular weight is 692 g/mol. The predicted octanol–water partition coefficient (Wildman–Crippen LogP) is 7.16. The van der Waals surface area contributed by atoms with Crippen molar-refractivity contribution in [3.05, 3.63) is 93.9 Å². The molecule has 2 aliphatic heterocycles. The summed E-state index contributed by atoms with van der Waals surface area (Å²) in [4.78, 5) is 29.4. The molecule has 0 radical (unpaired) electrons. The number of nitrogens with zero attached hydrogens (tertiary/aromatic N) is 2. The Bertz CT molecular complexity index is 1900. The molecule has 4 aliphatic rings. The largest absolute Gasteiger partial charge is 0.491 e. The monoisotopic (exact) mass is 691 g/mol. The quantitative estimate of drug-likeness (QED) is 0.290. The average Bonchev–Trinajstić information content (AvgIpc) is 3.27. The van der Waals surface area contributed by atoms with Gasteiger partial charge in [0.05, 0.1) is 29.2 Å². The Kier molecular flexibility index (Phi) is 8.93. The zero-order valence-corrected chi connectivity index (χ0v) is 29.1. The van der Waals surface area contributed by atoms with Crippen LogP contribution in [0.5, 0.6) is 5.75 Å². The highest BCUT2D eigenvalue weighted by molar-refractivity contribution is 7.92. The number of anilines is 1. The number of methoxy groups -OCH3 is 1. The first-order chi connectivity index (χ1) is 23.1. The van der Waals surface area contributed by atoms with E-state index in [0.717, 1.165) is 37.9 Å². The van der Waals surface area contributed by atoms with E-state index in [1.165, 1.54) is 17.4 Å². The Morgan fingerprint density at radius 2 is 2.02 bits per heavy atom. The van der Waals surface area contributed by atoms with Gasteiger partial charge in [-0.2, -0.15) is 0 Å². The predicted molar refractivity (Wildman–Crippen MR) is 186 cm³/mol. The third-order valence-electron chi connectivity index (χ3n) is 10.4. The molecule has 0 saturated heterocycles. The minimum atomic E-state index is -3.52. The summed E-state index contributed by atoms with van der Waals surface area (Å²) in [6, 6.07) is 12.9. The van der Waals surface area contributed by atoms with Gasteiger partial charge in [0, 0.05) is 36.7 Å². The van der Waals surface area contributed by atoms with Gasteiger partial charge in [-0.1, -0.05) is 36.7 Å². The number of amides is 2. The standard InChI is InChI=1S/C37H42ClN3O6S/c1-23-7-6-13-37(45-3)31-17-28(34(31)37)20-41-19-27-9-11-30(38)16-25(27)8-4-5-14-46-33-12-10-26(18-32(33)41)35(42)39-48(44,22-23)40-36(43)29-15-24(2)47-21-29/h6,9-13,15-16,18,21,23,28,31,34H,4-5,7-8,14,17,19-20,22H2,1-3H3,(H,39,40,42,43,44)/b13-6+/t23-,28-,31?,34-,37-,48?/m0/s1. The second-order valence-corrected chi connectivity index (χ2v) is 16.2. The third kappa shape index (κ3) is 6.42. The van der Waals surface area contributed by atoms with Crippen molar-refractivity contribution in [1.82, 2.24) is 4.72 Å². The molecule has 254 valence electrons. The van der Waals surface area contributed by atoms with Crippen LogP contribution in [0.15, 0.2) is 69.7 Å². The van der Waals surface area contributed by atoms with E-state index in [9.17, 15) is 13.8 Å². The zero-order valence-electron chi connectivity index (χ0n) is 27.6. The number of nitrogens with one attached hydrogen (secondary N) is 1. The van der Waals surface area contributed by atoms with Crippen LogP contribution in [-0.2, 0) is 27.6 Å². The number of ether oxygens (including phenoxy) is 2. The van der Waals surface area contributed by atoms with E-state index < -0.39 is 21.7 Å². The third-order valence-corrected chi connectivity index (χ3v) is 12.6. The number of hydrogen-bond acceptors (Lipinski definition) is 7. The topological polar surface area (TPSA) is 110 Å². The van der Waals surface area contributed by atoms with Crippen LogP contribution in [0.25, 0.3) is 0 Å². The molecule has 2 unspecified atom stereocenters. The van der Waals surface area contributed by atoms with Gasteiger partial charge in [-0.25, -0.2) is 4.21 Å². The van der Waals surface area contributed by atoms with Crippen LogP contribution < -0.4 is 14.4 Å². The Morgan fingerprint density at radius 3 is 2.81 bits per heavy atom. The molecule has 6 atom stereocenters. The molecule has 11 heteroatoms. The van der Waals surface area contributed by atoms with Crippen molar-refractivity contribution < 1.29 is 27.7 Å². The summed E-state index contributed by atoms with van der Waals surface area (Å²) >= 11 is 6.45. The summed E-state index contributed by atoms with van der Waals surface area (Å²) < 4.78 is 39.1. The molecular weight excluding hydrogens is 650 g/mol. The van der Waals surface area contributed by atoms with Gasteiger partial charge < -0.3 is 18.8 Å². The van der Waals surface area contributed by atoms with E-state index in [2.05, 4.69) is 38.3 Å². The van der Waals surface area contributed by atoms with Gasteiger partial charge in [0.1, 0.15) is 27.7 Å². The number of carbonyl (C=O) groups is 2. The van der Waals surface area contributed by atoms with Gasteiger partial charge in [-0.3, -0.25) is 14.3 Å². The van der Waals surface area contributed by atoms with Gasteiger partial charge in [0.25, 0.3) is 11.8 Å². The molecule has 2 bridgehead atoms. The number of benzene rings is 2. The number of carbonyl (C=O) groups excluding carboxylic acids is 2. The molecule has 7 rings (SSSR count). The molecule has 2 aliphatic carbocycles. The van der Waals surface area contributed by atoms with E-state index in [-0.39, 0.29) is 28.4 Å². The maximum absolute atomic E-state index is 14.4. The van der Waals surface area contributed by atoms with Crippen molar-refractivity contribution in [3.8, 4) is 5.75 Å². The lowest BCUT2D eigenvalue weighted by Crippen LogP contribution is -2.35. The number of furan rings is 1. The molecule has 1 aromatic heterocycles. The number of allylic oxidation sites excluding steroid dienone is 1. The van der Waals surface area contributed by atoms with Crippen molar-refractivity contribution >= 4 is 39.0 Å². The molecule has 2 amide bonds. The molecule has 3 heterocycles. The number of fused-ring (bicyclic) bond motifs is 3. The van der Waals surface area contributed by atoms with Crippen molar-refractivity contribution in [3.63, 3.8) is 0 Å². The highest BCUT2D eigenvalue weighted by Gasteiger charge is 2.73. The van der Waals surface area contributed by atoms with Gasteiger partial charge >= 0.3 is 0 Å². The number of aryl methyl sites for hydroxylation is 2. The van der Waals surface area contributed by atoms with Crippen molar-refractivity contribution in [2.24, 2.45) is 28.0 Å². The fourth-order valence-corrected chi connectivity index (χ4v) is 9.98. The summed E-state index contributed by atoms with van der Waals surface area (Å²) in [6.07, 6.45) is 9.95. The lowest BCUT2D eigenvalue weighted by atomic mass is 9.84. The maximum atomic E-state index is 14.4. The van der Waals surface area contributed by atoms with Crippen LogP contribution in [0.2, 0.25) is 5.02 Å². The summed E-state index contributed by atoms with van der Waals surface area (Å²) in [5.41, 5.74) is 3.35. The molecule has 1 N–H and O–H groups in total. The van der Waals surface area contributed by atoms with E-state index >= 15 is 0 Å². The lowest BCUT2D eigenvalue weighted by Gasteiger charge is -2.34. The van der Waals surface area contributed by atoms with Crippen molar-refractivity contribution in [1.29, 1.82) is 0 Å². The Hall–Kier alpha value is -3.60. The van der Waals surface area contributed by atoms with Gasteiger partial charge in [0.15, 0.2) is 0 Å². The number of hydrogen-bond donors (Lipinski definition) is 1. The van der Waals surface area contributed by atoms with E-state index in [0.29, 0.717) is 53.9 Å². The second-order valence-electron chi connectivity index (χ2n) is 13.8. The fraction of sp³-hybridized carbons (Fsp3) is 0.459. The van der Waals surface area contributed by atoms with E-state index in [1.54, 1.807) is 32.2 Å². The van der Waals surface area contributed by atoms with Gasteiger partial charge in [-0.15, -0.1) is 4.36 Å². The van der Waals surface area contributed by atoms with Crippen LogP contribution >= 0.6 is 11.6 Å². The molecule has 3 aromatic rings. The Balaban J connectivity index is 1.32. The van der Waals surface area contributed by atoms with Crippen LogP contribution in [0, 0.1) is 30.6 Å². The highest BCUT2D eigenvalue weighted by Crippen LogP contribution is 2.70. The first-order valence-electron chi connectivity index (χ1n) is 16.8. The number of rotatable bonds is 3. The first-order valence-corrected chi connectivity index (χ1v) is 18.8. The molecule has 48 heavy (non-hydrogen) atoms.